The minimum absolute atomic E-state index is 0.0650. The molecule has 0 aliphatic heterocycles. The molecule has 1 atom stereocenters. The normalized spacial score (nSPS) is 11.9. The van der Waals surface area contributed by atoms with Crippen molar-refractivity contribution >= 4 is 23.6 Å². The SMILES string of the molecule is CCN(Cc1ccccc1)C(=O)CSCCC(N)C(=O)O. The number of nitrogens with zero attached hydrogens (tertiary/aromatic N) is 1. The Hall–Kier alpha value is -1.53. The first-order chi connectivity index (χ1) is 10.0. The Morgan fingerprint density at radius 2 is 2.00 bits per heavy atom. The van der Waals surface area contributed by atoms with Gasteiger partial charge in [-0.1, -0.05) is 30.3 Å². The number of carbonyl (C=O) groups excluding carboxylic acids is 1. The molecule has 1 unspecified atom stereocenters. The van der Waals surface area contributed by atoms with Gasteiger partial charge in [-0.05, 0) is 24.7 Å². The lowest BCUT2D eigenvalue weighted by molar-refractivity contribution is -0.138. The number of rotatable bonds is 9. The molecule has 0 saturated carbocycles. The summed E-state index contributed by atoms with van der Waals surface area (Å²) in [4.78, 5) is 24.5. The first-order valence-electron chi connectivity index (χ1n) is 6.92. The molecule has 5 nitrogen and oxygen atoms in total. The lowest BCUT2D eigenvalue weighted by Gasteiger charge is -2.21. The highest BCUT2D eigenvalue weighted by Gasteiger charge is 2.14. The highest BCUT2D eigenvalue weighted by Crippen LogP contribution is 2.09. The summed E-state index contributed by atoms with van der Waals surface area (Å²) in [6, 6.07) is 9.00. The van der Waals surface area contributed by atoms with Crippen molar-refractivity contribution in [1.82, 2.24) is 4.90 Å². The van der Waals surface area contributed by atoms with Gasteiger partial charge in [-0.15, -0.1) is 0 Å². The van der Waals surface area contributed by atoms with Crippen molar-refractivity contribution in [2.45, 2.75) is 25.9 Å². The number of benzene rings is 1. The Balaban J connectivity index is 2.33. The molecule has 1 amide bonds. The molecule has 0 bridgehead atoms. The number of nitrogens with two attached hydrogens (primary N) is 1. The molecule has 0 saturated heterocycles. The van der Waals surface area contributed by atoms with Gasteiger partial charge in [0.25, 0.3) is 0 Å². The maximum absolute atomic E-state index is 12.1. The van der Waals surface area contributed by atoms with Gasteiger partial charge in [-0.25, -0.2) is 0 Å². The Morgan fingerprint density at radius 1 is 1.33 bits per heavy atom. The number of amides is 1. The van der Waals surface area contributed by atoms with E-state index in [1.165, 1.54) is 11.8 Å². The number of carbonyl (C=O) groups is 2. The Kier molecular flexibility index (Phi) is 7.85. The second-order valence-corrected chi connectivity index (χ2v) is 5.78. The second-order valence-electron chi connectivity index (χ2n) is 4.68. The number of carboxylic acid groups (broad SMARTS) is 1. The highest BCUT2D eigenvalue weighted by molar-refractivity contribution is 7.99. The summed E-state index contributed by atoms with van der Waals surface area (Å²) in [5.74, 6) is -0.00815. The van der Waals surface area contributed by atoms with Gasteiger partial charge in [0.05, 0.1) is 5.75 Å². The van der Waals surface area contributed by atoms with Crippen LogP contribution in [0.4, 0.5) is 0 Å². The van der Waals surface area contributed by atoms with E-state index in [1.54, 1.807) is 4.90 Å². The van der Waals surface area contributed by atoms with Crippen LogP contribution >= 0.6 is 11.8 Å². The molecule has 3 N–H and O–H groups in total. The lowest BCUT2D eigenvalue weighted by Crippen LogP contribution is -2.32. The van der Waals surface area contributed by atoms with E-state index < -0.39 is 12.0 Å². The summed E-state index contributed by atoms with van der Waals surface area (Å²) in [5.41, 5.74) is 6.52. The van der Waals surface area contributed by atoms with E-state index in [0.717, 1.165) is 5.56 Å². The zero-order valence-electron chi connectivity index (χ0n) is 12.2. The predicted octanol–water partition coefficient (Wildman–Crippen LogP) is 1.57. The molecule has 1 aromatic rings. The fourth-order valence-corrected chi connectivity index (χ4v) is 2.69. The molecular formula is C15H22N2O3S. The van der Waals surface area contributed by atoms with Crippen molar-refractivity contribution in [3.05, 3.63) is 35.9 Å². The topological polar surface area (TPSA) is 83.6 Å². The maximum Gasteiger partial charge on any atom is 0.320 e. The van der Waals surface area contributed by atoms with Crippen LogP contribution in [0.15, 0.2) is 30.3 Å². The summed E-state index contributed by atoms with van der Waals surface area (Å²) < 4.78 is 0. The van der Waals surface area contributed by atoms with Crippen LogP contribution in [0.1, 0.15) is 18.9 Å². The van der Waals surface area contributed by atoms with Crippen LogP contribution in [0.5, 0.6) is 0 Å². The highest BCUT2D eigenvalue weighted by atomic mass is 32.2. The second kappa shape index (κ2) is 9.41. The molecule has 21 heavy (non-hydrogen) atoms. The van der Waals surface area contributed by atoms with Gasteiger partial charge in [0.2, 0.25) is 5.91 Å². The van der Waals surface area contributed by atoms with Crippen LogP contribution < -0.4 is 5.73 Å². The van der Waals surface area contributed by atoms with Gasteiger partial charge < -0.3 is 15.7 Å². The van der Waals surface area contributed by atoms with Crippen LogP contribution in [-0.2, 0) is 16.1 Å². The first kappa shape index (κ1) is 17.5. The number of thioether (sulfide) groups is 1. The Morgan fingerprint density at radius 3 is 2.57 bits per heavy atom. The summed E-state index contributed by atoms with van der Waals surface area (Å²) >= 11 is 1.43. The van der Waals surface area contributed by atoms with Crippen LogP contribution in [0.3, 0.4) is 0 Å². The predicted molar refractivity (Wildman–Crippen MR) is 85.1 cm³/mol. The molecular weight excluding hydrogens is 288 g/mol. The standard InChI is InChI=1S/C15H22N2O3S/c1-2-17(10-12-6-4-3-5-7-12)14(18)11-21-9-8-13(16)15(19)20/h3-7,13H,2,8-11,16H2,1H3,(H,19,20). The van der Waals surface area contributed by atoms with Gasteiger partial charge >= 0.3 is 5.97 Å². The molecule has 116 valence electrons. The summed E-state index contributed by atoms with van der Waals surface area (Å²) in [6.45, 7) is 3.21. The summed E-state index contributed by atoms with van der Waals surface area (Å²) in [5, 5.41) is 8.67. The number of hydrogen-bond acceptors (Lipinski definition) is 4. The zero-order chi connectivity index (χ0) is 15.7. The fourth-order valence-electron chi connectivity index (χ4n) is 1.76. The minimum Gasteiger partial charge on any atom is -0.480 e. The number of carboxylic acids is 1. The molecule has 0 aliphatic carbocycles. The van der Waals surface area contributed by atoms with E-state index in [0.29, 0.717) is 31.0 Å². The molecule has 1 rings (SSSR count). The smallest absolute Gasteiger partial charge is 0.320 e. The van der Waals surface area contributed by atoms with E-state index in [4.69, 9.17) is 10.8 Å². The van der Waals surface area contributed by atoms with Crippen molar-refractivity contribution in [3.8, 4) is 0 Å². The molecule has 0 radical (unpaired) electrons. The molecule has 0 aliphatic rings. The zero-order valence-corrected chi connectivity index (χ0v) is 13.0. The molecule has 6 heteroatoms. The van der Waals surface area contributed by atoms with Crippen molar-refractivity contribution < 1.29 is 14.7 Å². The average Bonchev–Trinajstić information content (AvgIpc) is 2.49. The quantitative estimate of drug-likeness (QED) is 0.676. The molecule has 0 aromatic heterocycles. The monoisotopic (exact) mass is 310 g/mol. The summed E-state index contributed by atoms with van der Waals surface area (Å²) in [6.07, 6.45) is 0.373. The van der Waals surface area contributed by atoms with Crippen molar-refractivity contribution in [2.24, 2.45) is 5.73 Å². The third-order valence-corrected chi connectivity index (χ3v) is 4.04. The maximum atomic E-state index is 12.1. The molecule has 0 fully saturated rings. The third kappa shape index (κ3) is 6.64. The van der Waals surface area contributed by atoms with Crippen LogP contribution in [-0.4, -0.2) is 46.0 Å². The molecule has 1 aromatic carbocycles. The van der Waals surface area contributed by atoms with E-state index >= 15 is 0 Å². The van der Waals surface area contributed by atoms with Gasteiger partial charge in [0, 0.05) is 13.1 Å². The Bertz CT molecular complexity index is 453. The van der Waals surface area contributed by atoms with Gasteiger partial charge in [0.15, 0.2) is 0 Å². The number of hydrogen-bond donors (Lipinski definition) is 2. The fraction of sp³-hybridized carbons (Fsp3) is 0.467. The average molecular weight is 310 g/mol. The first-order valence-corrected chi connectivity index (χ1v) is 8.08. The van der Waals surface area contributed by atoms with Crippen molar-refractivity contribution in [2.75, 3.05) is 18.1 Å². The lowest BCUT2D eigenvalue weighted by atomic mass is 10.2. The van der Waals surface area contributed by atoms with Crippen LogP contribution in [0, 0.1) is 0 Å². The van der Waals surface area contributed by atoms with Gasteiger partial charge in [-0.3, -0.25) is 9.59 Å². The number of aliphatic carboxylic acids is 1. The van der Waals surface area contributed by atoms with Crippen LogP contribution in [0.25, 0.3) is 0 Å². The third-order valence-electron chi connectivity index (χ3n) is 3.07. The van der Waals surface area contributed by atoms with E-state index in [1.807, 2.05) is 37.3 Å². The van der Waals surface area contributed by atoms with E-state index in [9.17, 15) is 9.59 Å². The largest absolute Gasteiger partial charge is 0.480 e. The van der Waals surface area contributed by atoms with Gasteiger partial charge in [-0.2, -0.15) is 11.8 Å². The molecule has 0 spiro atoms. The summed E-state index contributed by atoms with van der Waals surface area (Å²) in [7, 11) is 0. The van der Waals surface area contributed by atoms with Crippen LogP contribution in [0.2, 0.25) is 0 Å². The van der Waals surface area contributed by atoms with Crippen molar-refractivity contribution in [1.29, 1.82) is 0 Å². The van der Waals surface area contributed by atoms with Gasteiger partial charge in [0.1, 0.15) is 6.04 Å². The Labute approximate surface area is 129 Å². The molecule has 0 heterocycles. The van der Waals surface area contributed by atoms with Crippen molar-refractivity contribution in [3.63, 3.8) is 0 Å². The minimum atomic E-state index is -0.999. The van der Waals surface area contributed by atoms with E-state index in [-0.39, 0.29) is 5.91 Å². The van der Waals surface area contributed by atoms with E-state index in [2.05, 4.69) is 0 Å².